The van der Waals surface area contributed by atoms with Gasteiger partial charge in [0, 0.05) is 73.1 Å². The Bertz CT molecular complexity index is 1860. The summed E-state index contributed by atoms with van der Waals surface area (Å²) in [6.45, 7) is 7.25. The summed E-state index contributed by atoms with van der Waals surface area (Å²) in [5, 5.41) is 3.01. The summed E-state index contributed by atoms with van der Waals surface area (Å²) >= 11 is 0. The van der Waals surface area contributed by atoms with E-state index in [0.29, 0.717) is 74.1 Å². The van der Waals surface area contributed by atoms with Gasteiger partial charge in [0.2, 0.25) is 10.0 Å². The molecule has 276 valence electrons. The van der Waals surface area contributed by atoms with Gasteiger partial charge in [-0.05, 0) is 80.3 Å². The van der Waals surface area contributed by atoms with E-state index in [1.54, 1.807) is 41.3 Å². The van der Waals surface area contributed by atoms with E-state index >= 15 is 0 Å². The molecule has 0 saturated carbocycles. The maximum Gasteiger partial charge on any atom is 0.302 e. The van der Waals surface area contributed by atoms with Crippen LogP contribution < -0.4 is 9.62 Å². The van der Waals surface area contributed by atoms with Gasteiger partial charge in [-0.25, -0.2) is 18.4 Å². The topological polar surface area (TPSA) is 104 Å². The predicted molar refractivity (Wildman–Crippen MR) is 188 cm³/mol. The number of aromatic nitrogens is 4. The third-order valence-corrected chi connectivity index (χ3v) is 11.3. The minimum atomic E-state index is -3.45. The molecule has 0 aliphatic carbocycles. The third kappa shape index (κ3) is 8.71. The Morgan fingerprint density at radius 2 is 1.28 bits per heavy atom. The highest BCUT2D eigenvalue weighted by Gasteiger charge is 2.34. The Labute approximate surface area is 291 Å². The summed E-state index contributed by atoms with van der Waals surface area (Å²) in [5.74, 6) is -5.85. The number of anilines is 2. The Hall–Kier alpha value is -3.43. The van der Waals surface area contributed by atoms with Gasteiger partial charge in [-0.2, -0.15) is 17.6 Å². The molecule has 0 unspecified atom stereocenters. The van der Waals surface area contributed by atoms with Crippen molar-refractivity contribution in [3.8, 4) is 0 Å². The number of alkyl halides is 4. The lowest BCUT2D eigenvalue weighted by Gasteiger charge is -2.24. The van der Waals surface area contributed by atoms with E-state index < -0.39 is 21.9 Å². The van der Waals surface area contributed by atoms with Gasteiger partial charge in [0.05, 0.1) is 33.5 Å². The van der Waals surface area contributed by atoms with Crippen molar-refractivity contribution in [2.75, 3.05) is 55.9 Å². The number of halogens is 4. The fourth-order valence-electron chi connectivity index (χ4n) is 6.57. The van der Waals surface area contributed by atoms with Crippen LogP contribution in [0.1, 0.15) is 64.5 Å². The van der Waals surface area contributed by atoms with Crippen LogP contribution in [0.15, 0.2) is 36.4 Å². The summed E-state index contributed by atoms with van der Waals surface area (Å²) < 4.78 is 96.2. The zero-order chi connectivity index (χ0) is 36.3. The van der Waals surface area contributed by atoms with E-state index in [2.05, 4.69) is 15.3 Å². The molecule has 50 heavy (non-hydrogen) atoms. The molecule has 2 saturated heterocycles. The van der Waals surface area contributed by atoms with Crippen molar-refractivity contribution >= 4 is 43.5 Å². The minimum absolute atomic E-state index is 0.0258. The molecule has 0 atom stereocenters. The van der Waals surface area contributed by atoms with E-state index in [4.69, 9.17) is 9.47 Å². The quantitative estimate of drug-likeness (QED) is 0.161. The molecule has 0 radical (unpaired) electrons. The van der Waals surface area contributed by atoms with Gasteiger partial charge in [-0.1, -0.05) is 6.92 Å². The highest BCUT2D eigenvalue weighted by Crippen LogP contribution is 2.34. The molecule has 0 amide bonds. The number of benzene rings is 2. The number of hydrogen-bond acceptors (Lipinski definition) is 7. The number of hydrogen-bond donors (Lipinski definition) is 1. The molecule has 2 aliphatic heterocycles. The largest absolute Gasteiger partial charge is 0.388 e. The zero-order valence-corrected chi connectivity index (χ0v) is 30.2. The average molecular weight is 725 g/mol. The number of rotatable bonds is 11. The molecule has 2 aromatic carbocycles. The molecule has 6 rings (SSSR count). The lowest BCUT2D eigenvalue weighted by Crippen LogP contribution is -2.28. The fraction of sp³-hybridized carbons (Fsp3) is 0.600. The maximum absolute atomic E-state index is 14.2. The van der Waals surface area contributed by atoms with Gasteiger partial charge in [-0.3, -0.25) is 4.31 Å². The SMILES string of the molecule is CCCS(=O)(=O)N(C)c1ccc2c(c1)nc(C(C)(F)F)n2CC1CCOCC1.CNc1ccc2c(c1)nc(C(C)(F)F)n2CC1CCOCC1. The van der Waals surface area contributed by atoms with Gasteiger partial charge in [0.1, 0.15) is 0 Å². The monoisotopic (exact) mass is 724 g/mol. The van der Waals surface area contributed by atoms with Crippen molar-refractivity contribution < 1.29 is 35.5 Å². The van der Waals surface area contributed by atoms with Crippen molar-refractivity contribution in [3.05, 3.63) is 48.0 Å². The Kier molecular flexibility index (Phi) is 11.7. The lowest BCUT2D eigenvalue weighted by molar-refractivity contribution is 0.00156. The van der Waals surface area contributed by atoms with Gasteiger partial charge in [-0.15, -0.1) is 0 Å². The van der Waals surface area contributed by atoms with Gasteiger partial charge in [0.25, 0.3) is 0 Å². The summed E-state index contributed by atoms with van der Waals surface area (Å²) in [7, 11) is -0.176. The summed E-state index contributed by atoms with van der Waals surface area (Å²) in [6.07, 6.45) is 3.96. The van der Waals surface area contributed by atoms with Crippen LogP contribution in [0.2, 0.25) is 0 Å². The van der Waals surface area contributed by atoms with E-state index in [0.717, 1.165) is 50.7 Å². The van der Waals surface area contributed by atoms with Crippen LogP contribution in [0, 0.1) is 11.8 Å². The van der Waals surface area contributed by atoms with Crippen LogP contribution >= 0.6 is 0 Å². The first-order valence-corrected chi connectivity index (χ1v) is 18.8. The Morgan fingerprint density at radius 1 is 0.820 bits per heavy atom. The van der Waals surface area contributed by atoms with Gasteiger partial charge >= 0.3 is 11.8 Å². The summed E-state index contributed by atoms with van der Waals surface area (Å²) in [4.78, 5) is 8.38. The highest BCUT2D eigenvalue weighted by atomic mass is 32.2. The number of nitrogens with one attached hydrogen (secondary N) is 1. The molecule has 1 N–H and O–H groups in total. The molecule has 2 aliphatic rings. The molecule has 0 bridgehead atoms. The lowest BCUT2D eigenvalue weighted by atomic mass is 10.00. The van der Waals surface area contributed by atoms with Crippen LogP contribution in [0.3, 0.4) is 0 Å². The molecule has 2 fully saturated rings. The number of ether oxygens (including phenoxy) is 2. The predicted octanol–water partition coefficient (Wildman–Crippen LogP) is 7.37. The van der Waals surface area contributed by atoms with E-state index in [-0.39, 0.29) is 23.3 Å². The van der Waals surface area contributed by atoms with Crippen LogP contribution in [-0.2, 0) is 44.4 Å². The van der Waals surface area contributed by atoms with Crippen LogP contribution in [-0.4, -0.2) is 73.8 Å². The molecule has 2 aromatic heterocycles. The molecule has 4 aromatic rings. The smallest absolute Gasteiger partial charge is 0.302 e. The second-order valence-corrected chi connectivity index (χ2v) is 15.5. The van der Waals surface area contributed by atoms with E-state index in [9.17, 15) is 26.0 Å². The maximum atomic E-state index is 14.2. The number of fused-ring (bicyclic) bond motifs is 2. The van der Waals surface area contributed by atoms with Crippen molar-refractivity contribution in [1.82, 2.24) is 19.1 Å². The Balaban J connectivity index is 0.000000200. The zero-order valence-electron chi connectivity index (χ0n) is 29.4. The molecule has 0 spiro atoms. The molecule has 10 nitrogen and oxygen atoms in total. The van der Waals surface area contributed by atoms with Gasteiger partial charge in [0.15, 0.2) is 11.6 Å². The first-order valence-electron chi connectivity index (χ1n) is 17.2. The van der Waals surface area contributed by atoms with Crippen molar-refractivity contribution in [1.29, 1.82) is 0 Å². The van der Waals surface area contributed by atoms with Crippen LogP contribution in [0.25, 0.3) is 22.1 Å². The molecular weight excluding hydrogens is 676 g/mol. The minimum Gasteiger partial charge on any atom is -0.388 e. The molecule has 15 heteroatoms. The average Bonchev–Trinajstić information content (AvgIpc) is 3.63. The van der Waals surface area contributed by atoms with Crippen molar-refractivity contribution in [3.63, 3.8) is 0 Å². The number of sulfonamides is 1. The molecular formula is C35H48F4N6O4S. The normalized spacial score (nSPS) is 16.8. The number of imidazole rings is 2. The third-order valence-electron chi connectivity index (χ3n) is 9.36. The standard InChI is InChI=1S/C19H27F2N3O3S.C16H21F2N3O/c1-4-11-28(25,26)23(3)15-5-6-17-16(12-15)22-18(19(2,20)21)24(17)13-14-7-9-27-10-8-14;1-16(17,18)15-20-13-9-12(19-2)3-4-14(13)21(15)10-11-5-7-22-8-6-11/h5-6,12,14H,4,7-11,13H2,1-3H3;3-4,9,11,19H,5-8,10H2,1-2H3. The second kappa shape index (κ2) is 15.4. The van der Waals surface area contributed by atoms with Crippen molar-refractivity contribution in [2.24, 2.45) is 11.8 Å². The molecule has 4 heterocycles. The highest BCUT2D eigenvalue weighted by molar-refractivity contribution is 7.92. The van der Waals surface area contributed by atoms with Crippen LogP contribution in [0.4, 0.5) is 28.9 Å². The van der Waals surface area contributed by atoms with Gasteiger partial charge < -0.3 is 23.9 Å². The summed E-state index contributed by atoms with van der Waals surface area (Å²) in [6, 6.07) is 10.5. The van der Waals surface area contributed by atoms with E-state index in [1.165, 1.54) is 11.4 Å². The van der Waals surface area contributed by atoms with Crippen molar-refractivity contribution in [2.45, 2.75) is 77.8 Å². The fourth-order valence-corrected chi connectivity index (χ4v) is 7.79. The van der Waals surface area contributed by atoms with E-state index in [1.807, 2.05) is 18.2 Å². The Morgan fingerprint density at radius 3 is 1.72 bits per heavy atom. The number of nitrogens with zero attached hydrogens (tertiary/aromatic N) is 5. The summed E-state index contributed by atoms with van der Waals surface area (Å²) in [5.41, 5.74) is 3.63. The first-order chi connectivity index (χ1) is 23.6. The van der Waals surface area contributed by atoms with Crippen LogP contribution in [0.5, 0.6) is 0 Å². The second-order valence-electron chi connectivity index (χ2n) is 13.4. The first kappa shape index (κ1) is 37.8.